The standard InChI is InChI=1S/C18H36N4.HI/c1-5-19-17(22-14-10-18(3,4)15-22)20-11-7-16-8-12-21(6-2)13-9-16;/h16H,5-15H2,1-4H3,(H,19,20);1H. The van der Waals surface area contributed by atoms with Crippen LogP contribution in [0.25, 0.3) is 0 Å². The summed E-state index contributed by atoms with van der Waals surface area (Å²) in [5.74, 6) is 2.02. The number of halogens is 1. The molecule has 0 bridgehead atoms. The predicted molar refractivity (Wildman–Crippen MR) is 111 cm³/mol. The Morgan fingerprint density at radius 1 is 1.17 bits per heavy atom. The molecule has 0 radical (unpaired) electrons. The van der Waals surface area contributed by atoms with Crippen LogP contribution in [-0.2, 0) is 0 Å². The number of likely N-dealkylation sites (tertiary alicyclic amines) is 2. The van der Waals surface area contributed by atoms with E-state index in [-0.39, 0.29) is 24.0 Å². The third-order valence-electron chi connectivity index (χ3n) is 5.27. The van der Waals surface area contributed by atoms with Crippen molar-refractivity contribution in [3.8, 4) is 0 Å². The molecule has 2 heterocycles. The van der Waals surface area contributed by atoms with Gasteiger partial charge in [-0.05, 0) is 63.6 Å². The van der Waals surface area contributed by atoms with Crippen molar-refractivity contribution in [3.63, 3.8) is 0 Å². The summed E-state index contributed by atoms with van der Waals surface area (Å²) in [6.45, 7) is 17.1. The maximum absolute atomic E-state index is 4.91. The number of aliphatic imine (C=N–C) groups is 1. The molecule has 0 unspecified atom stereocenters. The highest BCUT2D eigenvalue weighted by molar-refractivity contribution is 14.0. The number of nitrogens with one attached hydrogen (secondary N) is 1. The first-order chi connectivity index (χ1) is 10.5. The van der Waals surface area contributed by atoms with Gasteiger partial charge < -0.3 is 15.1 Å². The fourth-order valence-corrected chi connectivity index (χ4v) is 3.66. The van der Waals surface area contributed by atoms with Gasteiger partial charge in [-0.25, -0.2) is 0 Å². The van der Waals surface area contributed by atoms with Crippen molar-refractivity contribution in [2.45, 2.75) is 53.4 Å². The van der Waals surface area contributed by atoms with Gasteiger partial charge in [0.05, 0.1) is 0 Å². The summed E-state index contributed by atoms with van der Waals surface area (Å²) < 4.78 is 0. The van der Waals surface area contributed by atoms with Gasteiger partial charge in [-0.3, -0.25) is 4.99 Å². The van der Waals surface area contributed by atoms with Crippen LogP contribution in [0.3, 0.4) is 0 Å². The van der Waals surface area contributed by atoms with E-state index in [9.17, 15) is 0 Å². The van der Waals surface area contributed by atoms with E-state index >= 15 is 0 Å². The Labute approximate surface area is 160 Å². The van der Waals surface area contributed by atoms with E-state index in [0.717, 1.165) is 38.1 Å². The van der Waals surface area contributed by atoms with Crippen LogP contribution in [0.1, 0.15) is 53.4 Å². The number of rotatable bonds is 5. The molecule has 23 heavy (non-hydrogen) atoms. The van der Waals surface area contributed by atoms with Crippen molar-refractivity contribution in [2.75, 3.05) is 45.8 Å². The normalized spacial score (nSPS) is 23.0. The number of guanidine groups is 1. The molecule has 4 nitrogen and oxygen atoms in total. The minimum Gasteiger partial charge on any atom is -0.357 e. The molecule has 2 aliphatic heterocycles. The summed E-state index contributed by atoms with van der Waals surface area (Å²) in [7, 11) is 0. The van der Waals surface area contributed by atoms with Crippen molar-refractivity contribution < 1.29 is 0 Å². The lowest BCUT2D eigenvalue weighted by Gasteiger charge is -2.30. The van der Waals surface area contributed by atoms with Gasteiger partial charge in [0.1, 0.15) is 0 Å². The monoisotopic (exact) mass is 436 g/mol. The van der Waals surface area contributed by atoms with Crippen molar-refractivity contribution >= 4 is 29.9 Å². The average molecular weight is 436 g/mol. The van der Waals surface area contributed by atoms with E-state index in [1.807, 2.05) is 0 Å². The van der Waals surface area contributed by atoms with Crippen molar-refractivity contribution in [2.24, 2.45) is 16.3 Å². The third-order valence-corrected chi connectivity index (χ3v) is 5.27. The van der Waals surface area contributed by atoms with E-state index in [0.29, 0.717) is 5.41 Å². The Hall–Kier alpha value is -0.0400. The Morgan fingerprint density at radius 2 is 1.87 bits per heavy atom. The molecule has 136 valence electrons. The van der Waals surface area contributed by atoms with Crippen LogP contribution in [0.5, 0.6) is 0 Å². The summed E-state index contributed by atoms with van der Waals surface area (Å²) in [6.07, 6.45) is 5.24. The second-order valence-electron chi connectivity index (χ2n) is 7.74. The second kappa shape index (κ2) is 10.1. The van der Waals surface area contributed by atoms with Crippen LogP contribution < -0.4 is 5.32 Å². The lowest BCUT2D eigenvalue weighted by molar-refractivity contribution is 0.188. The van der Waals surface area contributed by atoms with E-state index in [1.54, 1.807) is 0 Å². The molecule has 0 saturated carbocycles. The molecule has 2 aliphatic rings. The molecule has 2 saturated heterocycles. The largest absolute Gasteiger partial charge is 0.357 e. The Kier molecular flexibility index (Phi) is 9.19. The lowest BCUT2D eigenvalue weighted by Crippen LogP contribution is -2.41. The fraction of sp³-hybridized carbons (Fsp3) is 0.944. The first-order valence-electron chi connectivity index (χ1n) is 9.29. The Balaban J connectivity index is 0.00000264. The molecule has 0 amide bonds. The molecule has 0 aromatic heterocycles. The lowest BCUT2D eigenvalue weighted by atomic mass is 9.93. The van der Waals surface area contributed by atoms with Gasteiger partial charge in [-0.15, -0.1) is 24.0 Å². The molecule has 2 rings (SSSR count). The summed E-state index contributed by atoms with van der Waals surface area (Å²) in [5, 5.41) is 3.48. The number of nitrogens with zero attached hydrogens (tertiary/aromatic N) is 3. The minimum absolute atomic E-state index is 0. The summed E-state index contributed by atoms with van der Waals surface area (Å²) >= 11 is 0. The SMILES string of the molecule is CCNC(=NCCC1CCN(CC)CC1)N1CCC(C)(C)C1.I. The van der Waals surface area contributed by atoms with Crippen LogP contribution in [0.15, 0.2) is 4.99 Å². The van der Waals surface area contributed by atoms with Crippen molar-refractivity contribution in [1.29, 1.82) is 0 Å². The van der Waals surface area contributed by atoms with Gasteiger partial charge in [0.15, 0.2) is 5.96 Å². The highest BCUT2D eigenvalue weighted by Gasteiger charge is 2.30. The molecule has 0 aromatic carbocycles. The quantitative estimate of drug-likeness (QED) is 0.407. The summed E-state index contributed by atoms with van der Waals surface area (Å²) in [5.41, 5.74) is 0.434. The van der Waals surface area contributed by atoms with Gasteiger partial charge in [0.25, 0.3) is 0 Å². The van der Waals surface area contributed by atoms with E-state index in [2.05, 4.69) is 42.8 Å². The van der Waals surface area contributed by atoms with Crippen LogP contribution >= 0.6 is 24.0 Å². The topological polar surface area (TPSA) is 30.9 Å². The number of piperidine rings is 1. The van der Waals surface area contributed by atoms with Crippen LogP contribution in [0, 0.1) is 11.3 Å². The molecule has 0 aromatic rings. The zero-order chi connectivity index (χ0) is 16.0. The van der Waals surface area contributed by atoms with E-state index in [1.165, 1.54) is 45.3 Å². The molecular formula is C18H37IN4. The first-order valence-corrected chi connectivity index (χ1v) is 9.29. The van der Waals surface area contributed by atoms with Gasteiger partial charge in [-0.2, -0.15) is 0 Å². The predicted octanol–water partition coefficient (Wildman–Crippen LogP) is 3.42. The molecule has 2 fully saturated rings. The highest BCUT2D eigenvalue weighted by atomic mass is 127. The number of hydrogen-bond acceptors (Lipinski definition) is 2. The molecule has 5 heteroatoms. The summed E-state index contributed by atoms with van der Waals surface area (Å²) in [4.78, 5) is 9.93. The highest BCUT2D eigenvalue weighted by Crippen LogP contribution is 2.28. The molecule has 0 aliphatic carbocycles. The molecular weight excluding hydrogens is 399 g/mol. The smallest absolute Gasteiger partial charge is 0.193 e. The zero-order valence-electron chi connectivity index (χ0n) is 15.6. The van der Waals surface area contributed by atoms with Crippen LogP contribution in [0.2, 0.25) is 0 Å². The molecule has 0 spiro atoms. The maximum atomic E-state index is 4.91. The second-order valence-corrected chi connectivity index (χ2v) is 7.74. The van der Waals surface area contributed by atoms with E-state index < -0.39 is 0 Å². The van der Waals surface area contributed by atoms with Crippen molar-refractivity contribution in [1.82, 2.24) is 15.1 Å². The number of hydrogen-bond donors (Lipinski definition) is 1. The van der Waals surface area contributed by atoms with Crippen LogP contribution in [-0.4, -0.2) is 61.6 Å². The van der Waals surface area contributed by atoms with Gasteiger partial charge >= 0.3 is 0 Å². The molecule has 0 atom stereocenters. The fourth-order valence-electron chi connectivity index (χ4n) is 3.66. The van der Waals surface area contributed by atoms with Gasteiger partial charge in [0.2, 0.25) is 0 Å². The minimum atomic E-state index is 0. The average Bonchev–Trinajstić information content (AvgIpc) is 2.87. The summed E-state index contributed by atoms with van der Waals surface area (Å²) in [6, 6.07) is 0. The first kappa shape index (κ1) is 21.0. The van der Waals surface area contributed by atoms with E-state index in [4.69, 9.17) is 4.99 Å². The van der Waals surface area contributed by atoms with Crippen LogP contribution in [0.4, 0.5) is 0 Å². The van der Waals surface area contributed by atoms with Gasteiger partial charge in [0, 0.05) is 26.2 Å². The van der Waals surface area contributed by atoms with Crippen molar-refractivity contribution in [3.05, 3.63) is 0 Å². The Morgan fingerprint density at radius 3 is 2.39 bits per heavy atom. The third kappa shape index (κ3) is 6.77. The van der Waals surface area contributed by atoms with Gasteiger partial charge in [-0.1, -0.05) is 20.8 Å². The zero-order valence-corrected chi connectivity index (χ0v) is 17.9. The molecule has 1 N–H and O–H groups in total. The Bertz CT molecular complexity index is 362. The maximum Gasteiger partial charge on any atom is 0.193 e.